The Kier molecular flexibility index (Phi) is 8.39. The molecule has 1 saturated heterocycles. The minimum absolute atomic E-state index is 0.133. The first-order valence-corrected chi connectivity index (χ1v) is 11.5. The third-order valence-corrected chi connectivity index (χ3v) is 6.30. The molecular weight excluding hydrogens is 437 g/mol. The highest BCUT2D eigenvalue weighted by molar-refractivity contribution is 5.94. The lowest BCUT2D eigenvalue weighted by Gasteiger charge is -2.32. The van der Waals surface area contributed by atoms with Gasteiger partial charge in [-0.1, -0.05) is 56.3 Å². The molecule has 2 aromatic rings. The van der Waals surface area contributed by atoms with E-state index < -0.39 is 17.4 Å². The number of nitrogens with zero attached hydrogens (tertiary/aromatic N) is 1. The van der Waals surface area contributed by atoms with Gasteiger partial charge in [0.1, 0.15) is 11.9 Å². The Labute approximate surface area is 199 Å². The SMILES string of the molecule is CC(C)C[C@@]1(CC(=O)NO)CCN([C@H](Cc2ccccc2)C(=O)NCc2ccc(F)cc2)C1=O. The summed E-state index contributed by atoms with van der Waals surface area (Å²) in [5.41, 5.74) is 2.33. The van der Waals surface area contributed by atoms with E-state index in [9.17, 15) is 18.8 Å². The van der Waals surface area contributed by atoms with Crippen LogP contribution in [-0.4, -0.2) is 40.4 Å². The molecule has 182 valence electrons. The van der Waals surface area contributed by atoms with Gasteiger partial charge in [0.2, 0.25) is 17.7 Å². The lowest BCUT2D eigenvalue weighted by molar-refractivity contribution is -0.147. The molecule has 3 rings (SSSR count). The topological polar surface area (TPSA) is 98.7 Å². The second kappa shape index (κ2) is 11.2. The molecule has 8 heteroatoms. The molecule has 3 amide bonds. The molecule has 1 aliphatic rings. The van der Waals surface area contributed by atoms with Crippen LogP contribution in [0.15, 0.2) is 54.6 Å². The van der Waals surface area contributed by atoms with E-state index in [-0.39, 0.29) is 36.5 Å². The number of halogens is 1. The molecule has 1 fully saturated rings. The number of benzene rings is 2. The van der Waals surface area contributed by atoms with Crippen molar-refractivity contribution in [3.63, 3.8) is 0 Å². The van der Waals surface area contributed by atoms with Crippen LogP contribution in [-0.2, 0) is 27.3 Å². The number of carbonyl (C=O) groups excluding carboxylic acids is 3. The van der Waals surface area contributed by atoms with Gasteiger partial charge in [0.15, 0.2) is 0 Å². The van der Waals surface area contributed by atoms with E-state index in [0.29, 0.717) is 25.8 Å². The summed E-state index contributed by atoms with van der Waals surface area (Å²) in [5.74, 6) is -1.38. The lowest BCUT2D eigenvalue weighted by atomic mass is 9.75. The maximum Gasteiger partial charge on any atom is 0.244 e. The Hall–Kier alpha value is -3.26. The quantitative estimate of drug-likeness (QED) is 0.368. The Balaban J connectivity index is 1.84. The molecule has 0 radical (unpaired) electrons. The molecule has 2 aromatic carbocycles. The number of hydroxylamine groups is 1. The van der Waals surface area contributed by atoms with E-state index in [1.54, 1.807) is 22.5 Å². The van der Waals surface area contributed by atoms with Gasteiger partial charge in [-0.25, -0.2) is 9.87 Å². The molecule has 0 spiro atoms. The van der Waals surface area contributed by atoms with Crippen molar-refractivity contribution in [2.75, 3.05) is 6.54 Å². The van der Waals surface area contributed by atoms with Gasteiger partial charge in [0.05, 0.1) is 5.41 Å². The highest BCUT2D eigenvalue weighted by Crippen LogP contribution is 2.42. The summed E-state index contributed by atoms with van der Waals surface area (Å²) in [6.45, 7) is 4.50. The van der Waals surface area contributed by atoms with Crippen LogP contribution in [0.1, 0.15) is 44.2 Å². The van der Waals surface area contributed by atoms with Gasteiger partial charge in [0, 0.05) is 25.9 Å². The number of carbonyl (C=O) groups is 3. The van der Waals surface area contributed by atoms with Crippen molar-refractivity contribution in [2.24, 2.45) is 11.3 Å². The van der Waals surface area contributed by atoms with Crippen molar-refractivity contribution < 1.29 is 24.0 Å². The van der Waals surface area contributed by atoms with Crippen LogP contribution >= 0.6 is 0 Å². The Morgan fingerprint density at radius 3 is 2.38 bits per heavy atom. The zero-order valence-electron chi connectivity index (χ0n) is 19.6. The normalized spacial score (nSPS) is 18.7. The average Bonchev–Trinajstić information content (AvgIpc) is 3.12. The number of likely N-dealkylation sites (tertiary alicyclic amines) is 1. The van der Waals surface area contributed by atoms with E-state index >= 15 is 0 Å². The Morgan fingerprint density at radius 2 is 1.76 bits per heavy atom. The molecule has 0 saturated carbocycles. The van der Waals surface area contributed by atoms with Gasteiger partial charge in [-0.2, -0.15) is 0 Å². The number of amides is 3. The minimum atomic E-state index is -0.965. The molecule has 3 N–H and O–H groups in total. The molecule has 0 aliphatic carbocycles. The molecule has 0 bridgehead atoms. The average molecular weight is 470 g/mol. The molecule has 34 heavy (non-hydrogen) atoms. The van der Waals surface area contributed by atoms with Crippen LogP contribution in [0.2, 0.25) is 0 Å². The fourth-order valence-electron chi connectivity index (χ4n) is 4.79. The largest absolute Gasteiger partial charge is 0.350 e. The maximum absolute atomic E-state index is 13.7. The first kappa shape index (κ1) is 25.4. The van der Waals surface area contributed by atoms with Crippen molar-refractivity contribution in [1.29, 1.82) is 0 Å². The van der Waals surface area contributed by atoms with Crippen molar-refractivity contribution in [2.45, 2.75) is 52.1 Å². The van der Waals surface area contributed by atoms with Gasteiger partial charge in [0.25, 0.3) is 0 Å². The minimum Gasteiger partial charge on any atom is -0.350 e. The summed E-state index contributed by atoms with van der Waals surface area (Å²) < 4.78 is 13.2. The predicted molar refractivity (Wildman–Crippen MR) is 125 cm³/mol. The zero-order chi connectivity index (χ0) is 24.7. The fraction of sp³-hybridized carbons (Fsp3) is 0.423. The van der Waals surface area contributed by atoms with Gasteiger partial charge < -0.3 is 10.2 Å². The van der Waals surface area contributed by atoms with Crippen molar-refractivity contribution in [3.05, 3.63) is 71.5 Å². The molecule has 1 aliphatic heterocycles. The number of rotatable bonds is 10. The van der Waals surface area contributed by atoms with E-state index in [0.717, 1.165) is 11.1 Å². The highest BCUT2D eigenvalue weighted by Gasteiger charge is 2.50. The summed E-state index contributed by atoms with van der Waals surface area (Å²) >= 11 is 0. The van der Waals surface area contributed by atoms with Crippen molar-refractivity contribution in [3.8, 4) is 0 Å². The Morgan fingerprint density at radius 1 is 1.09 bits per heavy atom. The first-order chi connectivity index (χ1) is 16.2. The second-order valence-corrected chi connectivity index (χ2v) is 9.39. The van der Waals surface area contributed by atoms with E-state index in [1.165, 1.54) is 12.1 Å². The third-order valence-electron chi connectivity index (χ3n) is 6.30. The summed E-state index contributed by atoms with van der Waals surface area (Å²) in [7, 11) is 0. The standard InChI is InChI=1S/C26H32FN3O4/c1-18(2)15-26(16-23(31)29-34)12-13-30(25(26)33)22(14-19-6-4-3-5-7-19)24(32)28-17-20-8-10-21(27)11-9-20/h3-11,18,22,34H,12-17H2,1-2H3,(H,28,32)(H,29,31)/t22-,26-/m1/s1. The number of nitrogens with one attached hydrogen (secondary N) is 2. The smallest absolute Gasteiger partial charge is 0.244 e. The number of hydrogen-bond donors (Lipinski definition) is 3. The summed E-state index contributed by atoms with van der Waals surface area (Å²) in [6, 6.07) is 14.6. The lowest BCUT2D eigenvalue weighted by Crippen LogP contribution is -2.51. The van der Waals surface area contributed by atoms with Gasteiger partial charge in [-0.15, -0.1) is 0 Å². The molecule has 0 unspecified atom stereocenters. The Bertz CT molecular complexity index is 997. The zero-order valence-corrected chi connectivity index (χ0v) is 19.6. The van der Waals surface area contributed by atoms with Crippen LogP contribution in [0.5, 0.6) is 0 Å². The van der Waals surface area contributed by atoms with E-state index in [4.69, 9.17) is 5.21 Å². The maximum atomic E-state index is 13.7. The molecule has 2 atom stereocenters. The van der Waals surface area contributed by atoms with Gasteiger partial charge in [-0.05, 0) is 42.0 Å². The van der Waals surface area contributed by atoms with Gasteiger partial charge in [-0.3, -0.25) is 19.6 Å². The molecule has 7 nitrogen and oxygen atoms in total. The first-order valence-electron chi connectivity index (χ1n) is 11.5. The van der Waals surface area contributed by atoms with Crippen LogP contribution in [0.25, 0.3) is 0 Å². The van der Waals surface area contributed by atoms with Gasteiger partial charge >= 0.3 is 0 Å². The third kappa shape index (κ3) is 6.20. The fourth-order valence-corrected chi connectivity index (χ4v) is 4.79. The number of hydrogen-bond acceptors (Lipinski definition) is 4. The summed E-state index contributed by atoms with van der Waals surface area (Å²) in [6.07, 6.45) is 1.09. The van der Waals surface area contributed by atoms with Crippen LogP contribution in [0.4, 0.5) is 4.39 Å². The van der Waals surface area contributed by atoms with Crippen LogP contribution in [0, 0.1) is 17.2 Å². The summed E-state index contributed by atoms with van der Waals surface area (Å²) in [5, 5.41) is 12.0. The second-order valence-electron chi connectivity index (χ2n) is 9.39. The monoisotopic (exact) mass is 469 g/mol. The predicted octanol–water partition coefficient (Wildman–Crippen LogP) is 3.21. The molecule has 0 aromatic heterocycles. The van der Waals surface area contributed by atoms with E-state index in [1.807, 2.05) is 44.2 Å². The van der Waals surface area contributed by atoms with Crippen LogP contribution in [0.3, 0.4) is 0 Å². The highest BCUT2D eigenvalue weighted by atomic mass is 19.1. The summed E-state index contributed by atoms with van der Waals surface area (Å²) in [4.78, 5) is 40.7. The van der Waals surface area contributed by atoms with Crippen LogP contribution < -0.4 is 10.8 Å². The van der Waals surface area contributed by atoms with Crippen molar-refractivity contribution in [1.82, 2.24) is 15.7 Å². The molecule has 1 heterocycles. The van der Waals surface area contributed by atoms with E-state index in [2.05, 4.69) is 5.32 Å². The van der Waals surface area contributed by atoms with Crippen molar-refractivity contribution >= 4 is 17.7 Å². The molecular formula is C26H32FN3O4.